The van der Waals surface area contributed by atoms with Gasteiger partial charge in [0.1, 0.15) is 6.54 Å². The Kier molecular flexibility index (Phi) is 3.42. The summed E-state index contributed by atoms with van der Waals surface area (Å²) in [7, 11) is 0. The fourth-order valence-corrected chi connectivity index (χ4v) is 0.965. The molecule has 0 radical (unpaired) electrons. The second-order valence-corrected chi connectivity index (χ2v) is 2.86. The van der Waals surface area contributed by atoms with Crippen LogP contribution in [0.4, 0.5) is 0 Å². The minimum absolute atomic E-state index is 0.222. The Hall–Kier alpha value is -1.39. The third-order valence-corrected chi connectivity index (χ3v) is 1.57. The predicted molar refractivity (Wildman–Crippen MR) is 45.8 cm³/mol. The second-order valence-electron chi connectivity index (χ2n) is 2.86. The van der Waals surface area contributed by atoms with E-state index < -0.39 is 0 Å². The topological polar surface area (TPSA) is 57.1 Å². The molecular formula is C8H14N4O. The van der Waals surface area contributed by atoms with E-state index in [0.717, 1.165) is 19.4 Å². The summed E-state index contributed by atoms with van der Waals surface area (Å²) in [6, 6.07) is 0. The van der Waals surface area contributed by atoms with E-state index in [2.05, 4.69) is 17.1 Å². The van der Waals surface area contributed by atoms with E-state index in [1.54, 1.807) is 11.0 Å². The van der Waals surface area contributed by atoms with E-state index in [4.69, 9.17) is 0 Å². The molecule has 1 aromatic rings. The van der Waals surface area contributed by atoms with Gasteiger partial charge in [0, 0.05) is 5.10 Å². The van der Waals surface area contributed by atoms with Crippen molar-refractivity contribution in [2.45, 2.75) is 33.2 Å². The third-order valence-electron chi connectivity index (χ3n) is 1.57. The molecule has 0 aliphatic carbocycles. The molecule has 0 aliphatic heterocycles. The maximum atomic E-state index is 10.6. The lowest BCUT2D eigenvalue weighted by Crippen LogP contribution is -2.30. The molecule has 0 spiro atoms. The zero-order valence-electron chi connectivity index (χ0n) is 7.97. The molecule has 0 saturated heterocycles. The van der Waals surface area contributed by atoms with Crippen molar-refractivity contribution in [1.29, 1.82) is 0 Å². The summed E-state index contributed by atoms with van der Waals surface area (Å²) in [5, 5.41) is 18.3. The van der Waals surface area contributed by atoms with Crippen molar-refractivity contribution in [2.75, 3.05) is 0 Å². The molecule has 0 aliphatic rings. The molecule has 5 nitrogen and oxygen atoms in total. The first-order chi connectivity index (χ1) is 6.22. The van der Waals surface area contributed by atoms with Crippen LogP contribution in [0.1, 0.15) is 26.7 Å². The zero-order valence-corrected chi connectivity index (χ0v) is 7.97. The number of aryl methyl sites for hydroxylation is 1. The van der Waals surface area contributed by atoms with E-state index in [1.165, 1.54) is 17.9 Å². The molecule has 1 aromatic heterocycles. The van der Waals surface area contributed by atoms with E-state index in [-0.39, 0.29) is 5.90 Å². The molecule has 0 amide bonds. The Morgan fingerprint density at radius 1 is 1.69 bits per heavy atom. The second kappa shape index (κ2) is 4.59. The van der Waals surface area contributed by atoms with Gasteiger partial charge in [0.05, 0.1) is 0 Å². The highest BCUT2D eigenvalue weighted by Gasteiger charge is 2.02. The normalized spacial score (nSPS) is 12.0. The van der Waals surface area contributed by atoms with Gasteiger partial charge < -0.3 is 5.11 Å². The highest BCUT2D eigenvalue weighted by molar-refractivity contribution is 5.67. The monoisotopic (exact) mass is 182 g/mol. The van der Waals surface area contributed by atoms with E-state index in [9.17, 15) is 5.11 Å². The van der Waals surface area contributed by atoms with Crippen LogP contribution in [0.3, 0.4) is 0 Å². The molecule has 0 saturated carbocycles. The maximum Gasteiger partial charge on any atom is 0.288 e. The molecule has 0 N–H and O–H groups in total. The highest BCUT2D eigenvalue weighted by Crippen LogP contribution is 1.89. The van der Waals surface area contributed by atoms with Crippen LogP contribution in [0.15, 0.2) is 17.8 Å². The van der Waals surface area contributed by atoms with E-state index in [0.29, 0.717) is 0 Å². The van der Waals surface area contributed by atoms with Crippen LogP contribution in [-0.4, -0.2) is 15.7 Å². The fraction of sp³-hybridized carbons (Fsp3) is 0.625. The Morgan fingerprint density at radius 3 is 3.08 bits per heavy atom. The van der Waals surface area contributed by atoms with Crippen LogP contribution >= 0.6 is 0 Å². The molecule has 5 heteroatoms. The molecule has 72 valence electrons. The summed E-state index contributed by atoms with van der Waals surface area (Å²) < 4.78 is 3.20. The van der Waals surface area contributed by atoms with Crippen molar-refractivity contribution in [3.8, 4) is 0 Å². The number of hydrogen-bond acceptors (Lipinski definition) is 3. The van der Waals surface area contributed by atoms with Gasteiger partial charge in [0.2, 0.25) is 6.33 Å². The average molecular weight is 182 g/mol. The minimum Gasteiger partial charge on any atom is -0.860 e. The van der Waals surface area contributed by atoms with Gasteiger partial charge in [-0.05, 0) is 19.2 Å². The zero-order chi connectivity index (χ0) is 9.68. The molecule has 0 fully saturated rings. The van der Waals surface area contributed by atoms with Gasteiger partial charge in [-0.2, -0.15) is 0 Å². The van der Waals surface area contributed by atoms with Crippen molar-refractivity contribution < 1.29 is 9.78 Å². The molecule has 13 heavy (non-hydrogen) atoms. The van der Waals surface area contributed by atoms with E-state index in [1.807, 2.05) is 0 Å². The van der Waals surface area contributed by atoms with Crippen LogP contribution in [0, 0.1) is 0 Å². The van der Waals surface area contributed by atoms with Gasteiger partial charge in [0.25, 0.3) is 6.33 Å². The molecule has 0 bridgehead atoms. The fourth-order valence-electron chi connectivity index (χ4n) is 0.965. The smallest absolute Gasteiger partial charge is 0.288 e. The van der Waals surface area contributed by atoms with Gasteiger partial charge in [0.15, 0.2) is 0 Å². The van der Waals surface area contributed by atoms with Crippen LogP contribution in [0.5, 0.6) is 0 Å². The minimum atomic E-state index is -0.222. The Labute approximate surface area is 77.3 Å². The van der Waals surface area contributed by atoms with Gasteiger partial charge in [-0.1, -0.05) is 13.3 Å². The number of unbranched alkanes of at least 4 members (excludes halogenated alkanes) is 1. The maximum absolute atomic E-state index is 10.6. The van der Waals surface area contributed by atoms with Gasteiger partial charge in [-0.25, -0.2) is 0 Å². The van der Waals surface area contributed by atoms with E-state index >= 15 is 0 Å². The van der Waals surface area contributed by atoms with Gasteiger partial charge in [-0.15, -0.1) is 14.5 Å². The summed E-state index contributed by atoms with van der Waals surface area (Å²) in [6.45, 7) is 4.41. The number of nitrogens with zero attached hydrogens (tertiary/aromatic N) is 4. The highest BCUT2D eigenvalue weighted by atomic mass is 16.3. The predicted octanol–water partition coefficient (Wildman–Crippen LogP) is -0.488. The SMILES string of the molecule is CCCCn1c[n+](/N=C(/C)[O-])cn1. The standard InChI is InChI=1S/C8H14N4O/c1-3-4-5-11-7-12(6-9-11)10-8(2)13/h6-7H,3-5H2,1-2H3. The van der Waals surface area contributed by atoms with Gasteiger partial charge >= 0.3 is 0 Å². The van der Waals surface area contributed by atoms with Crippen molar-refractivity contribution in [1.82, 2.24) is 9.78 Å². The number of aromatic nitrogens is 3. The summed E-state index contributed by atoms with van der Waals surface area (Å²) >= 11 is 0. The number of hydrogen-bond donors (Lipinski definition) is 0. The van der Waals surface area contributed by atoms with Crippen LogP contribution < -0.4 is 9.78 Å². The average Bonchev–Trinajstić information content (AvgIpc) is 2.48. The molecule has 1 heterocycles. The first-order valence-corrected chi connectivity index (χ1v) is 4.38. The van der Waals surface area contributed by atoms with Crippen LogP contribution in [0.2, 0.25) is 0 Å². The summed E-state index contributed by atoms with van der Waals surface area (Å²) in [5.41, 5.74) is 0. The van der Waals surface area contributed by atoms with Crippen molar-refractivity contribution in [3.63, 3.8) is 0 Å². The van der Waals surface area contributed by atoms with Crippen molar-refractivity contribution in [2.24, 2.45) is 5.10 Å². The quantitative estimate of drug-likeness (QED) is 0.358. The first-order valence-electron chi connectivity index (χ1n) is 4.38. The lowest BCUT2D eigenvalue weighted by atomic mass is 10.3. The largest absolute Gasteiger partial charge is 0.860 e. The Balaban J connectivity index is 2.58. The van der Waals surface area contributed by atoms with Gasteiger partial charge in [-0.3, -0.25) is 0 Å². The van der Waals surface area contributed by atoms with Crippen LogP contribution in [0.25, 0.3) is 0 Å². The summed E-state index contributed by atoms with van der Waals surface area (Å²) in [4.78, 5) is 0. The Bertz CT molecular complexity index is 288. The molecule has 0 atom stereocenters. The molecule has 1 rings (SSSR count). The lowest BCUT2D eigenvalue weighted by Gasteiger charge is -1.96. The Morgan fingerprint density at radius 2 is 2.46 bits per heavy atom. The molecular weight excluding hydrogens is 168 g/mol. The number of rotatable bonds is 4. The summed E-state index contributed by atoms with van der Waals surface area (Å²) in [5.74, 6) is -0.222. The molecule has 0 aromatic carbocycles. The van der Waals surface area contributed by atoms with Crippen molar-refractivity contribution >= 4 is 5.90 Å². The van der Waals surface area contributed by atoms with Crippen molar-refractivity contribution in [3.05, 3.63) is 12.7 Å². The third kappa shape index (κ3) is 3.23. The van der Waals surface area contributed by atoms with Crippen LogP contribution in [-0.2, 0) is 6.54 Å². The summed E-state index contributed by atoms with van der Waals surface area (Å²) in [6.07, 6.45) is 5.44. The molecule has 0 unspecified atom stereocenters. The lowest BCUT2D eigenvalue weighted by molar-refractivity contribution is -0.682. The first kappa shape index (κ1) is 9.70.